The minimum Gasteiger partial charge on any atom is -0.564 e. The Morgan fingerprint density at radius 3 is 2.67 bits per heavy atom. The summed E-state index contributed by atoms with van der Waals surface area (Å²) in [7, 11) is -0.925. The summed E-state index contributed by atoms with van der Waals surface area (Å²) in [5.74, 6) is 0.0621. The molecule has 3 aromatic rings. The van der Waals surface area contributed by atoms with E-state index in [2.05, 4.69) is 9.44 Å². The zero-order chi connectivity index (χ0) is 25.8. The molecule has 184 valence electrons. The molecule has 0 bridgehead atoms. The molecule has 36 heavy (non-hydrogen) atoms. The van der Waals surface area contributed by atoms with Crippen molar-refractivity contribution in [3.63, 3.8) is 0 Å². The van der Waals surface area contributed by atoms with Crippen LogP contribution in [0.2, 0.25) is 5.02 Å². The number of aryl methyl sites for hydroxylation is 1. The second kappa shape index (κ2) is 13.0. The van der Waals surface area contributed by atoms with Crippen LogP contribution in [0.3, 0.4) is 0 Å². The number of amides is 1. The fourth-order valence-electron chi connectivity index (χ4n) is 3.19. The van der Waals surface area contributed by atoms with Crippen LogP contribution < -0.4 is 66.5 Å². The molecular formula is C23H22ClKN4O6S. The Bertz CT molecular complexity index is 1480. The van der Waals surface area contributed by atoms with Crippen LogP contribution in [0, 0.1) is 18.3 Å². The smallest absolute Gasteiger partial charge is 0.564 e. The van der Waals surface area contributed by atoms with Gasteiger partial charge in [-0.2, -0.15) is 5.26 Å². The summed E-state index contributed by atoms with van der Waals surface area (Å²) in [6.45, 7) is 1.70. The number of carbonyl (C=O) groups excluding carboxylic acids is 1. The molecule has 0 fully saturated rings. The van der Waals surface area contributed by atoms with E-state index in [1.807, 2.05) is 6.07 Å². The SMILES string of the molecule is Cc1c(Cc2cccc([N-]S(=O)(=O)NCCC#N)c2)c(=O)oc2cc(OC(=O)N(C)C)c(Cl)cc12.[K+]. The van der Waals surface area contributed by atoms with Crippen molar-refractivity contribution in [3.8, 4) is 11.8 Å². The third-order valence-corrected chi connectivity index (χ3v) is 6.26. The summed E-state index contributed by atoms with van der Waals surface area (Å²) < 4.78 is 40.7. The summed E-state index contributed by atoms with van der Waals surface area (Å²) >= 11 is 6.30. The number of nitrogens with zero attached hydrogens (tertiary/aromatic N) is 3. The van der Waals surface area contributed by atoms with Crippen LogP contribution in [0.25, 0.3) is 15.7 Å². The molecule has 13 heteroatoms. The average Bonchev–Trinajstić information content (AvgIpc) is 2.78. The molecule has 0 unspecified atom stereocenters. The number of halogens is 1. The molecule has 0 aliphatic carbocycles. The Kier molecular flexibility index (Phi) is 11.0. The van der Waals surface area contributed by atoms with E-state index in [0.717, 1.165) is 0 Å². The van der Waals surface area contributed by atoms with Gasteiger partial charge in [-0.3, -0.25) is 0 Å². The van der Waals surface area contributed by atoms with Crippen molar-refractivity contribution in [2.24, 2.45) is 0 Å². The number of benzene rings is 2. The minimum atomic E-state index is -3.97. The third-order valence-electron chi connectivity index (χ3n) is 4.94. The number of nitrogens with one attached hydrogen (secondary N) is 1. The first-order chi connectivity index (χ1) is 16.5. The Morgan fingerprint density at radius 1 is 1.28 bits per heavy atom. The standard InChI is InChI=1S/C23H22ClN4O6S.K/c1-14-17-12-19(24)21(34-23(30)28(2)3)13-20(17)33-22(29)18(14)11-15-6-4-7-16(10-15)27-35(31,32)26-9-5-8-25;/h4,6-7,10,12-13,26H,5,9,11H2,1-3H3;/q-1;+1. The zero-order valence-electron chi connectivity index (χ0n) is 20.2. The van der Waals surface area contributed by atoms with Gasteiger partial charge >= 0.3 is 63.1 Å². The van der Waals surface area contributed by atoms with Crippen LogP contribution in [0.5, 0.6) is 5.75 Å². The van der Waals surface area contributed by atoms with Crippen molar-refractivity contribution in [2.45, 2.75) is 19.8 Å². The number of carbonyl (C=O) groups is 1. The largest absolute Gasteiger partial charge is 1.00 e. The number of rotatable bonds is 8. The quantitative estimate of drug-likeness (QED) is 0.249. The van der Waals surface area contributed by atoms with Gasteiger partial charge in [-0.05, 0) is 24.1 Å². The molecule has 0 spiro atoms. The van der Waals surface area contributed by atoms with Crippen molar-refractivity contribution < 1.29 is 73.8 Å². The maximum Gasteiger partial charge on any atom is 1.00 e. The van der Waals surface area contributed by atoms with E-state index in [1.165, 1.54) is 31.1 Å². The molecule has 0 aliphatic heterocycles. The van der Waals surface area contributed by atoms with Crippen molar-refractivity contribution in [1.82, 2.24) is 9.62 Å². The number of hydrogen-bond donors (Lipinski definition) is 1. The van der Waals surface area contributed by atoms with Gasteiger partial charge in [0.25, 0.3) is 0 Å². The van der Waals surface area contributed by atoms with E-state index < -0.39 is 21.9 Å². The van der Waals surface area contributed by atoms with E-state index >= 15 is 0 Å². The van der Waals surface area contributed by atoms with Crippen LogP contribution >= 0.6 is 11.6 Å². The molecule has 0 saturated heterocycles. The van der Waals surface area contributed by atoms with Gasteiger partial charge in [0, 0.05) is 50.5 Å². The van der Waals surface area contributed by atoms with Gasteiger partial charge in [-0.1, -0.05) is 35.9 Å². The summed E-state index contributed by atoms with van der Waals surface area (Å²) in [4.78, 5) is 25.9. The Morgan fingerprint density at radius 2 is 2.00 bits per heavy atom. The summed E-state index contributed by atoms with van der Waals surface area (Å²) in [5.41, 5.74) is 1.41. The summed E-state index contributed by atoms with van der Waals surface area (Å²) in [5, 5.41) is 9.29. The molecule has 0 saturated carbocycles. The first kappa shape index (κ1) is 30.3. The molecule has 10 nitrogen and oxygen atoms in total. The fourth-order valence-corrected chi connectivity index (χ4v) is 4.21. The summed E-state index contributed by atoms with van der Waals surface area (Å²) in [6, 6.07) is 11.2. The zero-order valence-corrected chi connectivity index (χ0v) is 24.9. The Balaban J connectivity index is 0.00000456. The fraction of sp³-hybridized carbons (Fsp3) is 0.261. The predicted octanol–water partition coefficient (Wildman–Crippen LogP) is 1.16. The molecule has 0 atom stereocenters. The van der Waals surface area contributed by atoms with E-state index in [4.69, 9.17) is 26.0 Å². The van der Waals surface area contributed by atoms with Gasteiger partial charge in [0.1, 0.15) is 5.58 Å². The topological polar surface area (TPSA) is 144 Å². The monoisotopic (exact) mass is 556 g/mol. The van der Waals surface area contributed by atoms with E-state index in [1.54, 1.807) is 31.2 Å². The molecule has 1 aromatic heterocycles. The Hall–Kier alpha value is -1.95. The number of hydrogen-bond acceptors (Lipinski definition) is 7. The maximum atomic E-state index is 12.8. The second-order valence-electron chi connectivity index (χ2n) is 7.75. The van der Waals surface area contributed by atoms with Crippen LogP contribution in [-0.2, 0) is 16.6 Å². The van der Waals surface area contributed by atoms with E-state index in [0.29, 0.717) is 22.1 Å². The van der Waals surface area contributed by atoms with Crippen LogP contribution in [-0.4, -0.2) is 40.1 Å². The molecule has 3 rings (SSSR count). The van der Waals surface area contributed by atoms with E-state index in [9.17, 15) is 18.0 Å². The van der Waals surface area contributed by atoms with Crippen LogP contribution in [0.4, 0.5) is 10.5 Å². The maximum absolute atomic E-state index is 12.8. The molecule has 2 aromatic carbocycles. The molecule has 0 aliphatic rings. The van der Waals surface area contributed by atoms with Crippen molar-refractivity contribution in [2.75, 3.05) is 20.6 Å². The van der Waals surface area contributed by atoms with Crippen molar-refractivity contribution in [3.05, 3.63) is 73.3 Å². The van der Waals surface area contributed by atoms with Gasteiger partial charge in [0.05, 0.1) is 11.1 Å². The molecule has 1 amide bonds. The van der Waals surface area contributed by atoms with Gasteiger partial charge in [-0.25, -0.2) is 22.7 Å². The normalized spacial score (nSPS) is 10.9. The van der Waals surface area contributed by atoms with Gasteiger partial charge < -0.3 is 18.8 Å². The van der Waals surface area contributed by atoms with Crippen molar-refractivity contribution >= 4 is 44.6 Å². The molecule has 1 N–H and O–H groups in total. The molecule has 0 radical (unpaired) electrons. The molecular weight excluding hydrogens is 535 g/mol. The summed E-state index contributed by atoms with van der Waals surface area (Å²) in [6.07, 6.45) is -0.450. The molecule has 1 heterocycles. The third kappa shape index (κ3) is 7.77. The number of ether oxygens (including phenoxy) is 1. The predicted molar refractivity (Wildman–Crippen MR) is 131 cm³/mol. The second-order valence-corrected chi connectivity index (χ2v) is 9.58. The average molecular weight is 557 g/mol. The van der Waals surface area contributed by atoms with E-state index in [-0.39, 0.29) is 92.8 Å². The van der Waals surface area contributed by atoms with Gasteiger partial charge in [0.2, 0.25) is 0 Å². The van der Waals surface area contributed by atoms with Crippen molar-refractivity contribution in [1.29, 1.82) is 5.26 Å². The first-order valence-electron chi connectivity index (χ1n) is 10.3. The van der Waals surface area contributed by atoms with Crippen LogP contribution in [0.1, 0.15) is 23.1 Å². The first-order valence-corrected chi connectivity index (χ1v) is 12.2. The minimum absolute atomic E-state index is 0. The number of nitriles is 1. The van der Waals surface area contributed by atoms with Crippen LogP contribution in [0.15, 0.2) is 45.6 Å². The van der Waals surface area contributed by atoms with Gasteiger partial charge in [0.15, 0.2) is 16.0 Å². The number of fused-ring (bicyclic) bond motifs is 1. The Labute approximate surface area is 256 Å². The van der Waals surface area contributed by atoms with Gasteiger partial charge in [-0.15, -0.1) is 5.69 Å².